The first-order valence-electron chi connectivity index (χ1n) is 7.05. The number of ether oxygens (including phenoxy) is 1. The van der Waals surface area contributed by atoms with E-state index in [2.05, 4.69) is 5.32 Å². The topological polar surface area (TPSA) is 75.6 Å². The van der Waals surface area contributed by atoms with Gasteiger partial charge in [0.25, 0.3) is 5.91 Å². The van der Waals surface area contributed by atoms with Gasteiger partial charge in [-0.05, 0) is 49.7 Å². The zero-order valence-corrected chi connectivity index (χ0v) is 14.5. The van der Waals surface area contributed by atoms with Crippen LogP contribution in [-0.4, -0.2) is 23.1 Å². The third-order valence-corrected chi connectivity index (χ3v) is 3.92. The van der Waals surface area contributed by atoms with Gasteiger partial charge in [-0.1, -0.05) is 29.3 Å². The van der Waals surface area contributed by atoms with Crippen molar-refractivity contribution in [1.82, 2.24) is 0 Å². The lowest BCUT2D eigenvalue weighted by Gasteiger charge is -2.17. The third-order valence-electron chi connectivity index (χ3n) is 3.39. The van der Waals surface area contributed by atoms with E-state index in [1.807, 2.05) is 0 Å². The summed E-state index contributed by atoms with van der Waals surface area (Å²) in [5, 5.41) is 12.5. The van der Waals surface area contributed by atoms with Gasteiger partial charge < -0.3 is 15.2 Å². The van der Waals surface area contributed by atoms with Crippen LogP contribution in [0.2, 0.25) is 10.0 Å². The predicted octanol–water partition coefficient (Wildman–Crippen LogP) is 4.41. The van der Waals surface area contributed by atoms with Crippen LogP contribution in [0.25, 0.3) is 0 Å². The molecule has 24 heavy (non-hydrogen) atoms. The summed E-state index contributed by atoms with van der Waals surface area (Å²) in [6.07, 6.45) is -0.837. The maximum atomic E-state index is 12.3. The lowest BCUT2D eigenvalue weighted by Crippen LogP contribution is -2.30. The van der Waals surface area contributed by atoms with Gasteiger partial charge in [-0.25, -0.2) is 4.79 Å². The summed E-state index contributed by atoms with van der Waals surface area (Å²) < 4.78 is 5.53. The molecule has 0 unspecified atom stereocenters. The Morgan fingerprint density at radius 3 is 2.54 bits per heavy atom. The largest absolute Gasteiger partial charge is 0.479 e. The molecule has 0 aliphatic carbocycles. The minimum Gasteiger partial charge on any atom is -0.479 e. The van der Waals surface area contributed by atoms with E-state index >= 15 is 0 Å². The van der Waals surface area contributed by atoms with Crippen molar-refractivity contribution in [3.05, 3.63) is 57.6 Å². The van der Waals surface area contributed by atoms with E-state index in [1.165, 1.54) is 12.1 Å². The van der Waals surface area contributed by atoms with Crippen LogP contribution in [0.1, 0.15) is 22.8 Å². The van der Waals surface area contributed by atoms with E-state index in [0.717, 1.165) is 0 Å². The molecule has 126 valence electrons. The highest BCUT2D eigenvalue weighted by Crippen LogP contribution is 2.28. The fourth-order valence-corrected chi connectivity index (χ4v) is 2.50. The Labute approximate surface area is 149 Å². The number of carboxylic acid groups (broad SMARTS) is 1. The first-order chi connectivity index (χ1) is 11.3. The van der Waals surface area contributed by atoms with E-state index in [4.69, 9.17) is 33.0 Å². The van der Waals surface area contributed by atoms with E-state index < -0.39 is 18.0 Å². The molecule has 0 spiro atoms. The molecular weight excluding hydrogens is 353 g/mol. The first-order valence-corrected chi connectivity index (χ1v) is 7.80. The smallest absolute Gasteiger partial charge is 0.336 e. The number of halogens is 2. The number of carbonyl (C=O) groups excluding carboxylic acids is 1. The van der Waals surface area contributed by atoms with Crippen LogP contribution in [0.3, 0.4) is 0 Å². The number of carboxylic acids is 1. The van der Waals surface area contributed by atoms with Gasteiger partial charge in [0.1, 0.15) is 5.75 Å². The molecule has 0 bridgehead atoms. The van der Waals surface area contributed by atoms with Crippen LogP contribution >= 0.6 is 23.2 Å². The number of hydrogen-bond acceptors (Lipinski definition) is 3. The van der Waals surface area contributed by atoms with Crippen LogP contribution in [0.15, 0.2) is 36.4 Å². The molecule has 0 aliphatic heterocycles. The monoisotopic (exact) mass is 367 g/mol. The summed E-state index contributed by atoms with van der Waals surface area (Å²) in [5.74, 6) is -1.15. The zero-order chi connectivity index (χ0) is 17.9. The van der Waals surface area contributed by atoms with Crippen molar-refractivity contribution in [1.29, 1.82) is 0 Å². The molecule has 0 saturated heterocycles. The zero-order valence-electron chi connectivity index (χ0n) is 13.0. The lowest BCUT2D eigenvalue weighted by molar-refractivity contribution is -0.122. The number of benzene rings is 2. The Bertz CT molecular complexity index is 792. The predicted molar refractivity (Wildman–Crippen MR) is 93.3 cm³/mol. The highest BCUT2D eigenvalue weighted by Gasteiger charge is 2.18. The molecule has 0 aliphatic rings. The molecule has 2 aromatic carbocycles. The second-order valence-corrected chi connectivity index (χ2v) is 5.95. The molecule has 0 saturated carbocycles. The standard InChI is InChI=1S/C17H15Cl2NO4/c1-9-12(17(22)23)4-3-5-14(9)20-16(21)10(2)24-15-7-6-11(18)8-13(15)19/h3-8,10H,1-2H3,(H,20,21)(H,22,23)/t10-/m1/s1. The highest BCUT2D eigenvalue weighted by atomic mass is 35.5. The molecular formula is C17H15Cl2NO4. The molecule has 2 rings (SSSR count). The SMILES string of the molecule is Cc1c(NC(=O)[C@@H](C)Oc2ccc(Cl)cc2Cl)cccc1C(=O)O. The maximum Gasteiger partial charge on any atom is 0.336 e. The normalized spacial score (nSPS) is 11.7. The van der Waals surface area contributed by atoms with Crippen LogP contribution in [-0.2, 0) is 4.79 Å². The summed E-state index contributed by atoms with van der Waals surface area (Å²) in [5.41, 5.74) is 1.01. The van der Waals surface area contributed by atoms with Gasteiger partial charge in [0.15, 0.2) is 6.10 Å². The Morgan fingerprint density at radius 1 is 1.21 bits per heavy atom. The lowest BCUT2D eigenvalue weighted by atomic mass is 10.1. The van der Waals surface area contributed by atoms with E-state index in [1.54, 1.807) is 38.1 Å². The number of nitrogens with one attached hydrogen (secondary N) is 1. The molecule has 0 radical (unpaired) electrons. The van der Waals surface area contributed by atoms with Gasteiger partial charge in [0.05, 0.1) is 10.6 Å². The Kier molecular flexibility index (Phi) is 5.70. The number of amides is 1. The third kappa shape index (κ3) is 4.19. The molecule has 5 nitrogen and oxygen atoms in total. The molecule has 0 heterocycles. The summed E-state index contributed by atoms with van der Waals surface area (Å²) in [6, 6.07) is 9.36. The van der Waals surface area contributed by atoms with E-state index in [-0.39, 0.29) is 5.56 Å². The van der Waals surface area contributed by atoms with Crippen molar-refractivity contribution in [2.45, 2.75) is 20.0 Å². The number of anilines is 1. The minimum absolute atomic E-state index is 0.127. The number of carbonyl (C=O) groups is 2. The Balaban J connectivity index is 2.12. The van der Waals surface area contributed by atoms with Crippen molar-refractivity contribution in [2.24, 2.45) is 0 Å². The van der Waals surface area contributed by atoms with Crippen LogP contribution in [0.4, 0.5) is 5.69 Å². The fraction of sp³-hybridized carbons (Fsp3) is 0.176. The summed E-state index contributed by atoms with van der Waals surface area (Å²) in [6.45, 7) is 3.19. The molecule has 2 aromatic rings. The van der Waals surface area contributed by atoms with E-state index in [9.17, 15) is 9.59 Å². The van der Waals surface area contributed by atoms with Crippen molar-refractivity contribution in [3.63, 3.8) is 0 Å². The van der Waals surface area contributed by atoms with Gasteiger partial charge >= 0.3 is 5.97 Å². The fourth-order valence-electron chi connectivity index (χ4n) is 2.05. The van der Waals surface area contributed by atoms with Crippen molar-refractivity contribution in [2.75, 3.05) is 5.32 Å². The van der Waals surface area contributed by atoms with Crippen molar-refractivity contribution >= 4 is 40.8 Å². The Hall–Kier alpha value is -2.24. The summed E-state index contributed by atoms with van der Waals surface area (Å²) >= 11 is 11.8. The molecule has 7 heteroatoms. The summed E-state index contributed by atoms with van der Waals surface area (Å²) in [4.78, 5) is 23.4. The van der Waals surface area contributed by atoms with E-state index in [0.29, 0.717) is 27.0 Å². The quantitative estimate of drug-likeness (QED) is 0.820. The Morgan fingerprint density at radius 2 is 1.92 bits per heavy atom. The van der Waals surface area contributed by atoms with Crippen LogP contribution < -0.4 is 10.1 Å². The second kappa shape index (κ2) is 7.55. The molecule has 1 atom stereocenters. The highest BCUT2D eigenvalue weighted by molar-refractivity contribution is 6.35. The molecule has 1 amide bonds. The van der Waals surface area contributed by atoms with Gasteiger partial charge in [-0.3, -0.25) is 4.79 Å². The van der Waals surface area contributed by atoms with Crippen molar-refractivity contribution < 1.29 is 19.4 Å². The van der Waals surface area contributed by atoms with Gasteiger partial charge in [-0.2, -0.15) is 0 Å². The average molecular weight is 368 g/mol. The second-order valence-electron chi connectivity index (χ2n) is 5.11. The first kappa shape index (κ1) is 18.1. The minimum atomic E-state index is -1.05. The summed E-state index contributed by atoms with van der Waals surface area (Å²) in [7, 11) is 0. The number of hydrogen-bond donors (Lipinski definition) is 2. The molecule has 2 N–H and O–H groups in total. The number of aromatic carboxylic acids is 1. The number of rotatable bonds is 5. The van der Waals surface area contributed by atoms with Crippen LogP contribution in [0, 0.1) is 6.92 Å². The van der Waals surface area contributed by atoms with Gasteiger partial charge in [0.2, 0.25) is 0 Å². The van der Waals surface area contributed by atoms with Crippen molar-refractivity contribution in [3.8, 4) is 5.75 Å². The maximum absolute atomic E-state index is 12.3. The van der Waals surface area contributed by atoms with Crippen LogP contribution in [0.5, 0.6) is 5.75 Å². The van der Waals surface area contributed by atoms with Gasteiger partial charge in [-0.15, -0.1) is 0 Å². The molecule has 0 aromatic heterocycles. The molecule has 0 fully saturated rings. The van der Waals surface area contributed by atoms with Gasteiger partial charge in [0, 0.05) is 10.7 Å². The average Bonchev–Trinajstić information content (AvgIpc) is 2.51.